The lowest BCUT2D eigenvalue weighted by Gasteiger charge is -2.36. The summed E-state index contributed by atoms with van der Waals surface area (Å²) >= 11 is 0. The summed E-state index contributed by atoms with van der Waals surface area (Å²) in [6.07, 6.45) is 0. The summed E-state index contributed by atoms with van der Waals surface area (Å²) in [5.74, 6) is 1.59. The second kappa shape index (κ2) is 9.92. The highest BCUT2D eigenvalue weighted by atomic mass is 16.5. The molecule has 0 unspecified atom stereocenters. The van der Waals surface area contributed by atoms with Crippen molar-refractivity contribution in [2.45, 2.75) is 20.0 Å². The Morgan fingerprint density at radius 1 is 1.07 bits per heavy atom. The van der Waals surface area contributed by atoms with E-state index in [0.29, 0.717) is 12.4 Å². The predicted octanol–water partition coefficient (Wildman–Crippen LogP) is 2.37. The molecular formula is C21H29N5O. The lowest BCUT2D eigenvalue weighted by Crippen LogP contribution is -2.52. The fourth-order valence-electron chi connectivity index (χ4n) is 3.20. The van der Waals surface area contributed by atoms with Gasteiger partial charge in [-0.1, -0.05) is 36.4 Å². The van der Waals surface area contributed by atoms with Crippen LogP contribution in [0.5, 0.6) is 5.88 Å². The number of piperazine rings is 1. The average Bonchev–Trinajstić information content (AvgIpc) is 2.73. The number of nitrogens with zero attached hydrogens (tertiary/aromatic N) is 4. The van der Waals surface area contributed by atoms with E-state index in [1.165, 1.54) is 5.56 Å². The summed E-state index contributed by atoms with van der Waals surface area (Å²) in [4.78, 5) is 14.1. The molecule has 0 amide bonds. The van der Waals surface area contributed by atoms with Gasteiger partial charge >= 0.3 is 0 Å². The molecule has 1 saturated heterocycles. The van der Waals surface area contributed by atoms with Gasteiger partial charge in [0.1, 0.15) is 0 Å². The molecule has 144 valence electrons. The van der Waals surface area contributed by atoms with Crippen LogP contribution in [0.4, 0.5) is 0 Å². The molecule has 2 aromatic rings. The number of hydrogen-bond acceptors (Lipinski definition) is 4. The molecule has 1 aromatic carbocycles. The smallest absolute Gasteiger partial charge is 0.213 e. The van der Waals surface area contributed by atoms with Crippen LogP contribution in [0.2, 0.25) is 0 Å². The van der Waals surface area contributed by atoms with E-state index in [1.807, 2.05) is 18.2 Å². The van der Waals surface area contributed by atoms with Gasteiger partial charge in [0.05, 0.1) is 19.3 Å². The maximum absolute atomic E-state index is 5.19. The molecule has 6 nitrogen and oxygen atoms in total. The molecule has 0 radical (unpaired) electrons. The number of benzene rings is 1. The maximum Gasteiger partial charge on any atom is 0.213 e. The topological polar surface area (TPSA) is 53.0 Å². The van der Waals surface area contributed by atoms with Crippen molar-refractivity contribution < 1.29 is 4.74 Å². The number of pyridine rings is 1. The molecule has 0 bridgehead atoms. The van der Waals surface area contributed by atoms with E-state index in [2.05, 4.69) is 57.4 Å². The molecule has 27 heavy (non-hydrogen) atoms. The molecule has 1 fully saturated rings. The summed E-state index contributed by atoms with van der Waals surface area (Å²) in [7, 11) is 1.63. The van der Waals surface area contributed by atoms with Crippen molar-refractivity contribution in [2.24, 2.45) is 4.99 Å². The van der Waals surface area contributed by atoms with Crippen LogP contribution < -0.4 is 10.1 Å². The number of aromatic nitrogens is 1. The van der Waals surface area contributed by atoms with Gasteiger partial charge in [-0.2, -0.15) is 0 Å². The zero-order chi connectivity index (χ0) is 18.9. The first kappa shape index (κ1) is 19.2. The van der Waals surface area contributed by atoms with Crippen molar-refractivity contribution in [3.63, 3.8) is 0 Å². The lowest BCUT2D eigenvalue weighted by molar-refractivity contribution is 0.172. The van der Waals surface area contributed by atoms with E-state index in [4.69, 9.17) is 9.73 Å². The van der Waals surface area contributed by atoms with Crippen molar-refractivity contribution in [1.29, 1.82) is 0 Å². The minimum atomic E-state index is 0.545. The third-order valence-corrected chi connectivity index (χ3v) is 4.64. The van der Waals surface area contributed by atoms with Crippen LogP contribution >= 0.6 is 0 Å². The number of guanidine groups is 1. The second-order valence-corrected chi connectivity index (χ2v) is 6.59. The fourth-order valence-corrected chi connectivity index (χ4v) is 3.20. The fraction of sp³-hybridized carbons (Fsp3) is 0.429. The highest BCUT2D eigenvalue weighted by Crippen LogP contribution is 2.10. The van der Waals surface area contributed by atoms with Crippen molar-refractivity contribution in [3.05, 3.63) is 59.8 Å². The van der Waals surface area contributed by atoms with Crippen LogP contribution in [-0.4, -0.2) is 60.6 Å². The Labute approximate surface area is 161 Å². The zero-order valence-electron chi connectivity index (χ0n) is 16.3. The largest absolute Gasteiger partial charge is 0.481 e. The second-order valence-electron chi connectivity index (χ2n) is 6.59. The number of hydrogen-bond donors (Lipinski definition) is 1. The summed E-state index contributed by atoms with van der Waals surface area (Å²) in [6.45, 7) is 8.54. The van der Waals surface area contributed by atoms with Crippen molar-refractivity contribution in [3.8, 4) is 5.88 Å². The number of methoxy groups -OCH3 is 1. The summed E-state index contributed by atoms with van der Waals surface area (Å²) in [5, 5.41) is 3.41. The SMILES string of the molecule is CCNC(=NCc1cccc(OC)n1)N1CCN(Cc2ccccc2)CC1. The van der Waals surface area contributed by atoms with E-state index in [-0.39, 0.29) is 0 Å². The van der Waals surface area contributed by atoms with Crippen LogP contribution in [0.25, 0.3) is 0 Å². The third kappa shape index (κ3) is 5.69. The maximum atomic E-state index is 5.19. The molecule has 1 aliphatic rings. The summed E-state index contributed by atoms with van der Waals surface area (Å²) in [5.41, 5.74) is 2.28. The number of nitrogens with one attached hydrogen (secondary N) is 1. The Morgan fingerprint density at radius 3 is 2.56 bits per heavy atom. The van der Waals surface area contributed by atoms with Gasteiger partial charge in [-0.15, -0.1) is 0 Å². The molecule has 0 spiro atoms. The van der Waals surface area contributed by atoms with E-state index in [0.717, 1.165) is 50.9 Å². The number of ether oxygens (including phenoxy) is 1. The molecule has 2 heterocycles. The summed E-state index contributed by atoms with van der Waals surface area (Å²) < 4.78 is 5.19. The van der Waals surface area contributed by atoms with Crippen LogP contribution in [0.3, 0.4) is 0 Å². The normalized spacial score (nSPS) is 15.6. The molecular weight excluding hydrogens is 338 g/mol. The quantitative estimate of drug-likeness (QED) is 0.628. The van der Waals surface area contributed by atoms with Crippen LogP contribution in [0, 0.1) is 0 Å². The lowest BCUT2D eigenvalue weighted by atomic mass is 10.2. The summed E-state index contributed by atoms with van der Waals surface area (Å²) in [6, 6.07) is 16.4. The predicted molar refractivity (Wildman–Crippen MR) is 109 cm³/mol. The highest BCUT2D eigenvalue weighted by Gasteiger charge is 2.19. The first-order valence-electron chi connectivity index (χ1n) is 9.58. The Morgan fingerprint density at radius 2 is 1.85 bits per heavy atom. The van der Waals surface area contributed by atoms with Crippen LogP contribution in [-0.2, 0) is 13.1 Å². The van der Waals surface area contributed by atoms with Gasteiger partial charge in [-0.05, 0) is 18.6 Å². The van der Waals surface area contributed by atoms with Crippen molar-refractivity contribution in [2.75, 3.05) is 39.8 Å². The average molecular weight is 367 g/mol. The Hall–Kier alpha value is -2.60. The first-order chi connectivity index (χ1) is 13.3. The minimum absolute atomic E-state index is 0.545. The van der Waals surface area contributed by atoms with Gasteiger partial charge in [0, 0.05) is 45.3 Å². The van der Waals surface area contributed by atoms with Gasteiger partial charge < -0.3 is 15.0 Å². The van der Waals surface area contributed by atoms with Crippen molar-refractivity contribution >= 4 is 5.96 Å². The Kier molecular flexibility index (Phi) is 7.04. The molecule has 1 N–H and O–H groups in total. The van der Waals surface area contributed by atoms with Gasteiger partial charge in [-0.3, -0.25) is 4.90 Å². The van der Waals surface area contributed by atoms with Crippen LogP contribution in [0.1, 0.15) is 18.2 Å². The van der Waals surface area contributed by atoms with Gasteiger partial charge in [0.15, 0.2) is 5.96 Å². The minimum Gasteiger partial charge on any atom is -0.481 e. The molecule has 6 heteroatoms. The van der Waals surface area contributed by atoms with Gasteiger partial charge in [0.2, 0.25) is 5.88 Å². The van der Waals surface area contributed by atoms with E-state index < -0.39 is 0 Å². The van der Waals surface area contributed by atoms with E-state index >= 15 is 0 Å². The molecule has 0 saturated carbocycles. The third-order valence-electron chi connectivity index (χ3n) is 4.64. The van der Waals surface area contributed by atoms with E-state index in [1.54, 1.807) is 7.11 Å². The first-order valence-corrected chi connectivity index (χ1v) is 9.58. The number of rotatable bonds is 6. The number of aliphatic imine (C=N–C) groups is 1. The monoisotopic (exact) mass is 367 g/mol. The molecule has 0 aliphatic carbocycles. The molecule has 0 atom stereocenters. The molecule has 1 aliphatic heterocycles. The van der Waals surface area contributed by atoms with Gasteiger partial charge in [0.25, 0.3) is 0 Å². The Bertz CT molecular complexity index is 726. The van der Waals surface area contributed by atoms with Crippen molar-refractivity contribution in [1.82, 2.24) is 20.1 Å². The van der Waals surface area contributed by atoms with E-state index in [9.17, 15) is 0 Å². The standard InChI is InChI=1S/C21H29N5O/c1-3-22-21(23-16-19-10-7-11-20(24-19)27-2)26-14-12-25(13-15-26)17-18-8-5-4-6-9-18/h4-11H,3,12-17H2,1-2H3,(H,22,23). The molecule has 3 rings (SSSR count). The van der Waals surface area contributed by atoms with Crippen LogP contribution in [0.15, 0.2) is 53.5 Å². The zero-order valence-corrected chi connectivity index (χ0v) is 16.3. The van der Waals surface area contributed by atoms with Gasteiger partial charge in [-0.25, -0.2) is 9.98 Å². The highest BCUT2D eigenvalue weighted by molar-refractivity contribution is 5.80. The Balaban J connectivity index is 1.57. The molecule has 1 aromatic heterocycles.